The van der Waals surface area contributed by atoms with Crippen molar-refractivity contribution in [1.82, 2.24) is 9.71 Å². The summed E-state index contributed by atoms with van der Waals surface area (Å²) in [6.07, 6.45) is 0.0504. The van der Waals surface area contributed by atoms with E-state index in [0.717, 1.165) is 0 Å². The molecular weight excluding hydrogens is 457 g/mol. The lowest BCUT2D eigenvalue weighted by Crippen LogP contribution is -2.42. The van der Waals surface area contributed by atoms with Gasteiger partial charge in [-0.3, -0.25) is 9.59 Å². The van der Waals surface area contributed by atoms with E-state index in [1.807, 2.05) is 0 Å². The third-order valence-corrected chi connectivity index (χ3v) is 5.82. The van der Waals surface area contributed by atoms with Crippen molar-refractivity contribution in [1.29, 1.82) is 0 Å². The summed E-state index contributed by atoms with van der Waals surface area (Å²) in [6.45, 7) is 2.62. The second-order valence-corrected chi connectivity index (χ2v) is 8.63. The van der Waals surface area contributed by atoms with Crippen LogP contribution in [0, 0.1) is 0 Å². The van der Waals surface area contributed by atoms with E-state index in [2.05, 4.69) is 15.0 Å². The Hall–Kier alpha value is -2.40. The highest BCUT2D eigenvalue weighted by Crippen LogP contribution is 2.22. The highest BCUT2D eigenvalue weighted by atomic mass is 35.5. The van der Waals surface area contributed by atoms with Crippen LogP contribution in [0.2, 0.25) is 10.0 Å². The molecule has 162 valence electrons. The van der Waals surface area contributed by atoms with E-state index in [0.29, 0.717) is 5.75 Å². The summed E-state index contributed by atoms with van der Waals surface area (Å²) in [6, 6.07) is 5.75. The Kier molecular flexibility index (Phi) is 8.02. The highest BCUT2D eigenvalue weighted by molar-refractivity contribution is 7.89. The maximum absolute atomic E-state index is 12.4. The number of aromatic nitrogens is 1. The maximum atomic E-state index is 12.4. The number of ether oxygens (including phenoxy) is 2. The molecule has 2 aromatic rings. The molecule has 0 aliphatic heterocycles. The van der Waals surface area contributed by atoms with Gasteiger partial charge in [-0.2, -0.15) is 4.72 Å². The molecule has 0 spiro atoms. The van der Waals surface area contributed by atoms with Crippen LogP contribution in [0.15, 0.2) is 41.4 Å². The normalized spacial score (nSPS) is 13.2. The van der Waals surface area contributed by atoms with Gasteiger partial charge in [0.25, 0.3) is 5.91 Å². The molecular formula is C18H19Cl2N3O6S. The minimum absolute atomic E-state index is 0.0437. The zero-order valence-corrected chi connectivity index (χ0v) is 18.5. The molecule has 0 bridgehead atoms. The van der Waals surface area contributed by atoms with Crippen molar-refractivity contribution < 1.29 is 27.5 Å². The van der Waals surface area contributed by atoms with Gasteiger partial charge in [0.05, 0.1) is 22.1 Å². The molecule has 0 aliphatic carbocycles. The number of sulfonamides is 1. The van der Waals surface area contributed by atoms with Crippen LogP contribution in [0.3, 0.4) is 0 Å². The number of anilines is 1. The molecule has 2 N–H and O–H groups in total. The second kappa shape index (κ2) is 10.1. The van der Waals surface area contributed by atoms with Gasteiger partial charge in [-0.25, -0.2) is 13.4 Å². The molecule has 12 heteroatoms. The van der Waals surface area contributed by atoms with Crippen molar-refractivity contribution in [2.24, 2.45) is 0 Å². The van der Waals surface area contributed by atoms with Crippen LogP contribution in [0.25, 0.3) is 0 Å². The van der Waals surface area contributed by atoms with Gasteiger partial charge in [-0.1, -0.05) is 23.2 Å². The number of hydrogen-bond donors (Lipinski definition) is 2. The Morgan fingerprint density at radius 1 is 1.13 bits per heavy atom. The van der Waals surface area contributed by atoms with E-state index in [9.17, 15) is 18.0 Å². The molecule has 0 radical (unpaired) electrons. The molecule has 0 saturated heterocycles. The number of nitrogens with one attached hydrogen (secondary N) is 2. The van der Waals surface area contributed by atoms with Gasteiger partial charge in [-0.15, -0.1) is 0 Å². The van der Waals surface area contributed by atoms with Gasteiger partial charge < -0.3 is 14.8 Å². The molecule has 0 saturated carbocycles. The third-order valence-electron chi connectivity index (χ3n) is 3.77. The molecule has 1 aromatic heterocycles. The summed E-state index contributed by atoms with van der Waals surface area (Å²) in [4.78, 5) is 28.2. The first-order chi connectivity index (χ1) is 14.0. The summed E-state index contributed by atoms with van der Waals surface area (Å²) in [5.74, 6) is -1.12. The number of esters is 1. The van der Waals surface area contributed by atoms with Crippen molar-refractivity contribution in [3.63, 3.8) is 0 Å². The third kappa shape index (κ3) is 6.30. The topological polar surface area (TPSA) is 124 Å². The van der Waals surface area contributed by atoms with Crippen LogP contribution in [0.5, 0.6) is 5.75 Å². The first-order valence-corrected chi connectivity index (χ1v) is 10.8. The fourth-order valence-corrected chi connectivity index (χ4v) is 3.78. The fraction of sp³-hybridized carbons (Fsp3) is 0.278. The lowest BCUT2D eigenvalue weighted by atomic mass is 10.3. The Morgan fingerprint density at radius 3 is 2.33 bits per heavy atom. The summed E-state index contributed by atoms with van der Waals surface area (Å²) in [5, 5.41) is 2.79. The van der Waals surface area contributed by atoms with Crippen molar-refractivity contribution >= 4 is 50.9 Å². The van der Waals surface area contributed by atoms with Crippen LogP contribution in [0.4, 0.5) is 5.82 Å². The number of methoxy groups -OCH3 is 1. The first kappa shape index (κ1) is 23.9. The second-order valence-electron chi connectivity index (χ2n) is 6.07. The molecule has 2 atom stereocenters. The number of carbonyl (C=O) groups is 2. The number of pyridine rings is 1. The molecule has 0 aliphatic rings. The molecule has 1 amide bonds. The van der Waals surface area contributed by atoms with Crippen LogP contribution in [0.1, 0.15) is 13.8 Å². The lowest BCUT2D eigenvalue weighted by Gasteiger charge is -2.18. The van der Waals surface area contributed by atoms with E-state index >= 15 is 0 Å². The van der Waals surface area contributed by atoms with E-state index in [-0.39, 0.29) is 20.8 Å². The van der Waals surface area contributed by atoms with Crippen molar-refractivity contribution in [3.8, 4) is 5.75 Å². The number of nitrogens with zero attached hydrogens (tertiary/aromatic N) is 1. The summed E-state index contributed by atoms with van der Waals surface area (Å²) >= 11 is 11.7. The molecule has 2 unspecified atom stereocenters. The number of amides is 1. The van der Waals surface area contributed by atoms with Crippen molar-refractivity contribution in [3.05, 3.63) is 46.6 Å². The maximum Gasteiger partial charge on any atom is 0.324 e. The Morgan fingerprint density at radius 2 is 1.77 bits per heavy atom. The lowest BCUT2D eigenvalue weighted by molar-refractivity contribution is -0.154. The minimum Gasteiger partial charge on any atom is -0.497 e. The average Bonchev–Trinajstić information content (AvgIpc) is 2.69. The number of carbonyl (C=O) groups excluding carboxylic acids is 2. The average molecular weight is 476 g/mol. The zero-order valence-electron chi connectivity index (χ0n) is 16.2. The van der Waals surface area contributed by atoms with Crippen molar-refractivity contribution in [2.45, 2.75) is 30.9 Å². The van der Waals surface area contributed by atoms with Crippen LogP contribution < -0.4 is 14.8 Å². The van der Waals surface area contributed by atoms with Gasteiger partial charge >= 0.3 is 5.97 Å². The van der Waals surface area contributed by atoms with Crippen LogP contribution >= 0.6 is 23.2 Å². The van der Waals surface area contributed by atoms with Crippen molar-refractivity contribution in [2.75, 3.05) is 12.4 Å². The van der Waals surface area contributed by atoms with Gasteiger partial charge in [0.1, 0.15) is 11.8 Å². The number of halogens is 2. The predicted molar refractivity (Wildman–Crippen MR) is 111 cm³/mol. The van der Waals surface area contributed by atoms with Gasteiger partial charge in [0.2, 0.25) is 10.0 Å². The van der Waals surface area contributed by atoms with Gasteiger partial charge in [0.15, 0.2) is 11.9 Å². The molecule has 0 fully saturated rings. The highest BCUT2D eigenvalue weighted by Gasteiger charge is 2.27. The predicted octanol–water partition coefficient (Wildman–Crippen LogP) is 2.63. The van der Waals surface area contributed by atoms with Crippen LogP contribution in [-0.4, -0.2) is 44.5 Å². The van der Waals surface area contributed by atoms with E-state index in [1.54, 1.807) is 0 Å². The zero-order chi connectivity index (χ0) is 22.5. The Balaban J connectivity index is 1.97. The van der Waals surface area contributed by atoms with E-state index in [4.69, 9.17) is 32.7 Å². The Bertz CT molecular complexity index is 1030. The number of benzene rings is 1. The van der Waals surface area contributed by atoms with E-state index < -0.39 is 34.0 Å². The summed E-state index contributed by atoms with van der Waals surface area (Å²) < 4.78 is 37.0. The number of rotatable bonds is 8. The fourth-order valence-electron chi connectivity index (χ4n) is 2.16. The largest absolute Gasteiger partial charge is 0.497 e. The first-order valence-electron chi connectivity index (χ1n) is 8.52. The quantitative estimate of drug-likeness (QED) is 0.562. The molecule has 30 heavy (non-hydrogen) atoms. The smallest absolute Gasteiger partial charge is 0.324 e. The Labute approximate surface area is 183 Å². The molecule has 9 nitrogen and oxygen atoms in total. The molecule has 1 aromatic carbocycles. The van der Waals surface area contributed by atoms with Gasteiger partial charge in [-0.05, 0) is 44.2 Å². The summed E-state index contributed by atoms with van der Waals surface area (Å²) in [7, 11) is -2.54. The summed E-state index contributed by atoms with van der Waals surface area (Å²) in [5.41, 5.74) is 0. The standard InChI is InChI=1S/C18H19Cl2N3O6S/c1-10(23-30(26,27)14-6-4-13(28-3)5-7-14)18(25)29-11(2)17(24)22-16-15(20)8-12(19)9-21-16/h4-11,23H,1-3H3,(H,21,22,24). The molecule has 2 rings (SSSR count). The SMILES string of the molecule is COc1ccc(S(=O)(=O)NC(C)C(=O)OC(C)C(=O)Nc2ncc(Cl)cc2Cl)cc1. The van der Waals surface area contributed by atoms with Crippen LogP contribution in [-0.2, 0) is 24.3 Å². The van der Waals surface area contributed by atoms with Gasteiger partial charge in [0, 0.05) is 6.20 Å². The monoisotopic (exact) mass is 475 g/mol. The number of hydrogen-bond acceptors (Lipinski definition) is 7. The molecule has 1 heterocycles. The minimum atomic E-state index is -3.99. The van der Waals surface area contributed by atoms with E-state index in [1.165, 1.54) is 57.5 Å².